The van der Waals surface area contributed by atoms with E-state index in [1.807, 2.05) is 12.3 Å². The van der Waals surface area contributed by atoms with E-state index >= 15 is 0 Å². The van der Waals surface area contributed by atoms with E-state index in [0.29, 0.717) is 47.0 Å². The minimum absolute atomic E-state index is 0. The average molecular weight is 858 g/mol. The molecule has 3 aromatic carbocycles. The zero-order valence-electron chi connectivity index (χ0n) is 31.6. The molecule has 0 bridgehead atoms. The molecule has 1 aliphatic carbocycles. The Morgan fingerprint density at radius 1 is 0.824 bits per heavy atom. The van der Waals surface area contributed by atoms with Crippen LogP contribution in [0.25, 0.3) is 33.3 Å². The van der Waals surface area contributed by atoms with Gasteiger partial charge in [0.05, 0.1) is 5.69 Å². The van der Waals surface area contributed by atoms with Gasteiger partial charge in [0, 0.05) is 40.4 Å². The molecule has 0 N–H and O–H groups in total. The van der Waals surface area contributed by atoms with E-state index < -0.39 is 0 Å². The number of fused-ring (bicyclic) bond motifs is 3. The Bertz CT molecular complexity index is 2240. The number of hydrogen-bond donors (Lipinski definition) is 0. The number of pyridine rings is 1. The predicted molar refractivity (Wildman–Crippen MR) is 206 cm³/mol. The van der Waals surface area contributed by atoms with Crippen LogP contribution in [0.2, 0.25) is 0 Å². The van der Waals surface area contributed by atoms with Gasteiger partial charge in [0.25, 0.3) is 0 Å². The van der Waals surface area contributed by atoms with Crippen molar-refractivity contribution in [1.82, 2.24) is 19.3 Å². The SMILES string of the molecule is CC1=C[C@H](C(C)C)C[C@H](C)C1c1c(C)nn(-c2[c-]c(Oc3[c-]c4c(cc3)c3ccccc3n4-c3cc(C(C)C)ccn3)cc(C(C)C)c2)c1C.[Pt+2]. The smallest absolute Gasteiger partial charge is 0.509 e. The molecule has 3 heterocycles. The summed E-state index contributed by atoms with van der Waals surface area (Å²) < 4.78 is 10.9. The van der Waals surface area contributed by atoms with Gasteiger partial charge in [-0.3, -0.25) is 4.68 Å². The van der Waals surface area contributed by atoms with Crippen molar-refractivity contribution in [2.75, 3.05) is 0 Å². The van der Waals surface area contributed by atoms with Gasteiger partial charge in [-0.05, 0) is 91.6 Å². The van der Waals surface area contributed by atoms with Gasteiger partial charge in [0.15, 0.2) is 0 Å². The average Bonchev–Trinajstić information content (AvgIpc) is 3.57. The molecule has 7 rings (SSSR count). The number of aromatic nitrogens is 4. The molecule has 51 heavy (non-hydrogen) atoms. The Hall–Kier alpha value is -3.95. The molecule has 1 unspecified atom stereocenters. The number of aryl methyl sites for hydroxylation is 1. The molecular weight excluding hydrogens is 808 g/mol. The van der Waals surface area contributed by atoms with Crippen molar-refractivity contribution in [2.24, 2.45) is 17.8 Å². The molecule has 0 spiro atoms. The number of hydrogen-bond acceptors (Lipinski definition) is 3. The normalized spacial score (nSPS) is 17.8. The standard InChI is InChI=1S/C45H50N4O.Pt/c1-26(2)33-17-18-46-43(23-33)48-41-14-12-11-13-39(41)40-16-15-37(25-42(40)48)50-38-22-35(28(5)6)21-36(24-38)49-32(10)45(31(9)47-49)44-29(7)19-34(27(3)4)20-30(44)8;/h11-19,21-23,26-28,30,34,44H,20H2,1-10H3;/q-2;+2/t30-,34-,44?;/m0./s1. The number of nitrogens with zero attached hydrogens (tertiary/aromatic N) is 4. The second-order valence-electron chi connectivity index (χ2n) is 15.5. The molecule has 6 heteroatoms. The third-order valence-electron chi connectivity index (χ3n) is 10.9. The summed E-state index contributed by atoms with van der Waals surface area (Å²) in [5.74, 6) is 5.06. The summed E-state index contributed by atoms with van der Waals surface area (Å²) in [6.45, 7) is 22.6. The van der Waals surface area contributed by atoms with Crippen LogP contribution in [0.4, 0.5) is 0 Å². The molecule has 0 amide bonds. The van der Waals surface area contributed by atoms with Gasteiger partial charge in [0.1, 0.15) is 5.82 Å². The number of allylic oxidation sites excluding steroid dienone is 2. The Balaban J connectivity index is 0.00000448. The van der Waals surface area contributed by atoms with Crippen molar-refractivity contribution in [3.05, 3.63) is 119 Å². The fraction of sp³-hybridized carbons (Fsp3) is 0.378. The molecule has 0 saturated carbocycles. The summed E-state index contributed by atoms with van der Waals surface area (Å²) in [5.41, 5.74) is 10.4. The first-order valence-electron chi connectivity index (χ1n) is 18.3. The molecule has 3 atom stereocenters. The summed E-state index contributed by atoms with van der Waals surface area (Å²) in [5, 5.41) is 7.42. The first kappa shape index (κ1) is 36.8. The Morgan fingerprint density at radius 2 is 1.57 bits per heavy atom. The van der Waals surface area contributed by atoms with Gasteiger partial charge in [-0.25, -0.2) is 4.98 Å². The topological polar surface area (TPSA) is 44.9 Å². The minimum atomic E-state index is 0. The second-order valence-corrected chi connectivity index (χ2v) is 15.5. The van der Waals surface area contributed by atoms with E-state index in [1.54, 1.807) is 0 Å². The number of rotatable bonds is 8. The van der Waals surface area contributed by atoms with Crippen molar-refractivity contribution in [3.63, 3.8) is 0 Å². The maximum atomic E-state index is 6.65. The summed E-state index contributed by atoms with van der Waals surface area (Å²) in [7, 11) is 0. The fourth-order valence-electron chi connectivity index (χ4n) is 8.10. The van der Waals surface area contributed by atoms with Crippen LogP contribution < -0.4 is 4.74 Å². The fourth-order valence-corrected chi connectivity index (χ4v) is 8.10. The first-order valence-corrected chi connectivity index (χ1v) is 18.3. The monoisotopic (exact) mass is 857 g/mol. The second kappa shape index (κ2) is 14.6. The molecule has 266 valence electrons. The molecule has 1 aliphatic rings. The predicted octanol–water partition coefficient (Wildman–Crippen LogP) is 12.0. The van der Waals surface area contributed by atoms with E-state index in [0.717, 1.165) is 39.0 Å². The Labute approximate surface area is 318 Å². The maximum absolute atomic E-state index is 6.65. The minimum Gasteiger partial charge on any atom is -0.509 e. The van der Waals surface area contributed by atoms with Crippen molar-refractivity contribution >= 4 is 21.8 Å². The molecule has 3 aromatic heterocycles. The molecule has 0 saturated heterocycles. The quantitative estimate of drug-likeness (QED) is 0.113. The van der Waals surface area contributed by atoms with Crippen molar-refractivity contribution in [1.29, 1.82) is 0 Å². The number of para-hydroxylation sites is 1. The van der Waals surface area contributed by atoms with Crippen LogP contribution in [0.1, 0.15) is 108 Å². The third-order valence-corrected chi connectivity index (χ3v) is 10.9. The van der Waals surface area contributed by atoms with Crippen LogP contribution in [-0.2, 0) is 21.1 Å². The van der Waals surface area contributed by atoms with Gasteiger partial charge < -0.3 is 9.30 Å². The van der Waals surface area contributed by atoms with Crippen molar-refractivity contribution in [3.8, 4) is 23.0 Å². The molecule has 0 aliphatic heterocycles. The van der Waals surface area contributed by atoms with Crippen molar-refractivity contribution < 1.29 is 25.8 Å². The maximum Gasteiger partial charge on any atom is 2.00 e. The third kappa shape index (κ3) is 6.87. The largest absolute Gasteiger partial charge is 2.00 e. The molecule has 5 nitrogen and oxygen atoms in total. The molecular formula is C45H50N4OPt. The van der Waals surface area contributed by atoms with Crippen LogP contribution in [0.15, 0.2) is 78.5 Å². The number of benzene rings is 3. The zero-order valence-corrected chi connectivity index (χ0v) is 33.9. The molecule has 6 aromatic rings. The van der Waals surface area contributed by atoms with Gasteiger partial charge in [-0.1, -0.05) is 83.8 Å². The van der Waals surface area contributed by atoms with Crippen LogP contribution in [0.3, 0.4) is 0 Å². The summed E-state index contributed by atoms with van der Waals surface area (Å²) in [6.07, 6.45) is 5.63. The van der Waals surface area contributed by atoms with E-state index in [1.165, 1.54) is 34.4 Å². The number of ether oxygens (including phenoxy) is 1. The van der Waals surface area contributed by atoms with Gasteiger partial charge in [0.2, 0.25) is 0 Å². The van der Waals surface area contributed by atoms with Crippen LogP contribution >= 0.6 is 0 Å². The van der Waals surface area contributed by atoms with Crippen LogP contribution in [-0.4, -0.2) is 19.3 Å². The van der Waals surface area contributed by atoms with Crippen LogP contribution in [0, 0.1) is 43.7 Å². The summed E-state index contributed by atoms with van der Waals surface area (Å²) in [4.78, 5) is 4.81. The van der Waals surface area contributed by atoms with Gasteiger partial charge >= 0.3 is 21.1 Å². The van der Waals surface area contributed by atoms with E-state index in [-0.39, 0.29) is 21.1 Å². The first-order chi connectivity index (χ1) is 23.9. The van der Waals surface area contributed by atoms with E-state index in [2.05, 4.69) is 151 Å². The zero-order chi connectivity index (χ0) is 35.4. The van der Waals surface area contributed by atoms with Gasteiger partial charge in [-0.2, -0.15) is 11.2 Å². The summed E-state index contributed by atoms with van der Waals surface area (Å²) >= 11 is 0. The van der Waals surface area contributed by atoms with Crippen LogP contribution in [0.5, 0.6) is 11.5 Å². The van der Waals surface area contributed by atoms with E-state index in [9.17, 15) is 0 Å². The molecule has 0 radical (unpaired) electrons. The Kier molecular flexibility index (Phi) is 10.5. The Morgan fingerprint density at radius 3 is 2.27 bits per heavy atom. The van der Waals surface area contributed by atoms with Gasteiger partial charge in [-0.15, -0.1) is 41.3 Å². The molecule has 0 fully saturated rings. The van der Waals surface area contributed by atoms with Crippen molar-refractivity contribution in [2.45, 2.75) is 93.4 Å². The summed E-state index contributed by atoms with van der Waals surface area (Å²) in [6, 6.07) is 28.4. The van der Waals surface area contributed by atoms with E-state index in [4.69, 9.17) is 14.8 Å².